The number of methoxy groups -OCH3 is 1. The number of hydrogen-bond acceptors (Lipinski definition) is 4. The van der Waals surface area contributed by atoms with Crippen LogP contribution in [-0.2, 0) is 0 Å². The lowest BCUT2D eigenvalue weighted by Crippen LogP contribution is -2.49. The van der Waals surface area contributed by atoms with Crippen LogP contribution in [0.4, 0.5) is 0 Å². The maximum atomic E-state index is 12.6. The molecule has 110 valence electrons. The number of amides is 1. The Morgan fingerprint density at radius 3 is 2.60 bits per heavy atom. The molecule has 1 amide bonds. The van der Waals surface area contributed by atoms with Gasteiger partial charge in [-0.25, -0.2) is 0 Å². The van der Waals surface area contributed by atoms with E-state index in [1.165, 1.54) is 0 Å². The zero-order valence-corrected chi connectivity index (χ0v) is 12.3. The lowest BCUT2D eigenvalue weighted by molar-refractivity contribution is 0.0637. The number of aryl methyl sites for hydroxylation is 1. The number of rotatable bonds is 4. The topological polar surface area (TPSA) is 58.8 Å². The molecule has 2 N–H and O–H groups in total. The molecule has 1 aliphatic heterocycles. The maximum absolute atomic E-state index is 12.6. The second-order valence-electron chi connectivity index (χ2n) is 5.13. The van der Waals surface area contributed by atoms with Gasteiger partial charge in [0.15, 0.2) is 0 Å². The summed E-state index contributed by atoms with van der Waals surface area (Å²) in [6.45, 7) is 6.81. The highest BCUT2D eigenvalue weighted by molar-refractivity contribution is 5.97. The van der Waals surface area contributed by atoms with Gasteiger partial charge in [0.2, 0.25) is 0 Å². The first-order valence-corrected chi connectivity index (χ1v) is 7.02. The third-order valence-electron chi connectivity index (χ3n) is 3.69. The molecule has 0 bridgehead atoms. The highest BCUT2D eigenvalue weighted by atomic mass is 16.5. The smallest absolute Gasteiger partial charge is 0.257 e. The fraction of sp³-hybridized carbons (Fsp3) is 0.533. The largest absolute Gasteiger partial charge is 0.496 e. The standard InChI is InChI=1S/C15H23N3O2/c1-12-3-4-14(20-2)13(11-12)15(19)18-9-7-17(6-5-16)8-10-18/h3-4,11H,5-10,16H2,1-2H3. The van der Waals surface area contributed by atoms with Gasteiger partial charge >= 0.3 is 0 Å². The molecule has 1 aromatic rings. The van der Waals surface area contributed by atoms with Crippen LogP contribution in [0.5, 0.6) is 5.75 Å². The van der Waals surface area contributed by atoms with E-state index in [1.54, 1.807) is 7.11 Å². The summed E-state index contributed by atoms with van der Waals surface area (Å²) in [6, 6.07) is 5.70. The average molecular weight is 277 g/mol. The average Bonchev–Trinajstić information content (AvgIpc) is 2.47. The van der Waals surface area contributed by atoms with Crippen LogP contribution >= 0.6 is 0 Å². The van der Waals surface area contributed by atoms with Crippen LogP contribution in [0.1, 0.15) is 15.9 Å². The summed E-state index contributed by atoms with van der Waals surface area (Å²) in [4.78, 5) is 16.8. The van der Waals surface area contributed by atoms with Gasteiger partial charge in [-0.05, 0) is 19.1 Å². The fourth-order valence-corrected chi connectivity index (χ4v) is 2.52. The molecule has 1 aromatic carbocycles. The molecule has 0 spiro atoms. The van der Waals surface area contributed by atoms with E-state index in [0.29, 0.717) is 17.9 Å². The summed E-state index contributed by atoms with van der Waals surface area (Å²) < 4.78 is 5.30. The number of carbonyl (C=O) groups is 1. The highest BCUT2D eigenvalue weighted by Crippen LogP contribution is 2.22. The first-order chi connectivity index (χ1) is 9.65. The summed E-state index contributed by atoms with van der Waals surface area (Å²) in [5.74, 6) is 0.697. The fourth-order valence-electron chi connectivity index (χ4n) is 2.52. The van der Waals surface area contributed by atoms with Crippen molar-refractivity contribution in [3.8, 4) is 5.75 Å². The molecule has 0 radical (unpaired) electrons. The maximum Gasteiger partial charge on any atom is 0.257 e. The normalized spacial score (nSPS) is 16.2. The number of carbonyl (C=O) groups excluding carboxylic acids is 1. The number of nitrogens with two attached hydrogens (primary N) is 1. The van der Waals surface area contributed by atoms with Crippen molar-refractivity contribution in [1.29, 1.82) is 0 Å². The predicted molar refractivity (Wildman–Crippen MR) is 79.1 cm³/mol. The van der Waals surface area contributed by atoms with E-state index in [2.05, 4.69) is 4.90 Å². The van der Waals surface area contributed by atoms with Gasteiger partial charge in [-0.1, -0.05) is 11.6 Å². The van der Waals surface area contributed by atoms with E-state index in [1.807, 2.05) is 30.0 Å². The highest BCUT2D eigenvalue weighted by Gasteiger charge is 2.23. The van der Waals surface area contributed by atoms with Crippen LogP contribution in [0.2, 0.25) is 0 Å². The molecule has 5 nitrogen and oxygen atoms in total. The number of benzene rings is 1. The first kappa shape index (κ1) is 14.8. The summed E-state index contributed by atoms with van der Waals surface area (Å²) >= 11 is 0. The molecular formula is C15H23N3O2. The molecule has 0 unspecified atom stereocenters. The zero-order valence-electron chi connectivity index (χ0n) is 12.3. The van der Waals surface area contributed by atoms with Crippen molar-refractivity contribution in [2.24, 2.45) is 5.73 Å². The van der Waals surface area contributed by atoms with E-state index < -0.39 is 0 Å². The second-order valence-corrected chi connectivity index (χ2v) is 5.13. The number of piperazine rings is 1. The molecular weight excluding hydrogens is 254 g/mol. The zero-order chi connectivity index (χ0) is 14.5. The number of hydrogen-bond donors (Lipinski definition) is 1. The molecule has 1 heterocycles. The van der Waals surface area contributed by atoms with Gasteiger partial charge in [0.05, 0.1) is 12.7 Å². The van der Waals surface area contributed by atoms with E-state index in [0.717, 1.165) is 38.3 Å². The van der Waals surface area contributed by atoms with E-state index in [-0.39, 0.29) is 5.91 Å². The molecule has 0 aromatic heterocycles. The second kappa shape index (κ2) is 6.72. The van der Waals surface area contributed by atoms with E-state index >= 15 is 0 Å². The minimum absolute atomic E-state index is 0.0537. The van der Waals surface area contributed by atoms with Crippen molar-refractivity contribution >= 4 is 5.91 Å². The Bertz CT molecular complexity index is 468. The van der Waals surface area contributed by atoms with Gasteiger partial charge in [-0.2, -0.15) is 0 Å². The van der Waals surface area contributed by atoms with Gasteiger partial charge in [-0.3, -0.25) is 9.69 Å². The Balaban J connectivity index is 2.07. The van der Waals surface area contributed by atoms with Crippen molar-refractivity contribution in [2.45, 2.75) is 6.92 Å². The van der Waals surface area contributed by atoms with Gasteiger partial charge in [0.25, 0.3) is 5.91 Å². The minimum atomic E-state index is 0.0537. The van der Waals surface area contributed by atoms with Gasteiger partial charge in [-0.15, -0.1) is 0 Å². The SMILES string of the molecule is COc1ccc(C)cc1C(=O)N1CCN(CCN)CC1. The van der Waals surface area contributed by atoms with Crippen LogP contribution in [0.15, 0.2) is 18.2 Å². The monoisotopic (exact) mass is 277 g/mol. The molecule has 0 saturated carbocycles. The summed E-state index contributed by atoms with van der Waals surface area (Å²) in [5, 5.41) is 0. The molecule has 5 heteroatoms. The van der Waals surface area contributed by atoms with Crippen molar-refractivity contribution in [2.75, 3.05) is 46.4 Å². The quantitative estimate of drug-likeness (QED) is 0.881. The Morgan fingerprint density at radius 2 is 2.00 bits per heavy atom. The molecule has 1 aliphatic rings. The van der Waals surface area contributed by atoms with Crippen LogP contribution in [0.25, 0.3) is 0 Å². The van der Waals surface area contributed by atoms with Gasteiger partial charge in [0, 0.05) is 39.3 Å². The summed E-state index contributed by atoms with van der Waals surface area (Å²) in [5.41, 5.74) is 7.28. The van der Waals surface area contributed by atoms with Crippen LogP contribution < -0.4 is 10.5 Å². The predicted octanol–water partition coefficient (Wildman–Crippen LogP) is 0.720. The van der Waals surface area contributed by atoms with Crippen LogP contribution in [0.3, 0.4) is 0 Å². The molecule has 1 fully saturated rings. The third kappa shape index (κ3) is 3.29. The summed E-state index contributed by atoms with van der Waals surface area (Å²) in [7, 11) is 1.60. The lowest BCUT2D eigenvalue weighted by atomic mass is 10.1. The van der Waals surface area contributed by atoms with Crippen molar-refractivity contribution < 1.29 is 9.53 Å². The molecule has 2 rings (SSSR count). The molecule has 0 aliphatic carbocycles. The molecule has 0 atom stereocenters. The number of ether oxygens (including phenoxy) is 1. The Kier molecular flexibility index (Phi) is 4.98. The Hall–Kier alpha value is -1.59. The van der Waals surface area contributed by atoms with Crippen molar-refractivity contribution in [1.82, 2.24) is 9.80 Å². The van der Waals surface area contributed by atoms with E-state index in [9.17, 15) is 4.79 Å². The van der Waals surface area contributed by atoms with Gasteiger partial charge < -0.3 is 15.4 Å². The third-order valence-corrected chi connectivity index (χ3v) is 3.69. The minimum Gasteiger partial charge on any atom is -0.496 e. The van der Waals surface area contributed by atoms with Crippen molar-refractivity contribution in [3.05, 3.63) is 29.3 Å². The lowest BCUT2D eigenvalue weighted by Gasteiger charge is -2.34. The molecule has 1 saturated heterocycles. The first-order valence-electron chi connectivity index (χ1n) is 7.02. The number of nitrogens with zero attached hydrogens (tertiary/aromatic N) is 2. The summed E-state index contributed by atoms with van der Waals surface area (Å²) in [6.07, 6.45) is 0. The van der Waals surface area contributed by atoms with Crippen LogP contribution in [-0.4, -0.2) is 62.1 Å². The van der Waals surface area contributed by atoms with Crippen LogP contribution in [0, 0.1) is 6.92 Å². The van der Waals surface area contributed by atoms with Crippen molar-refractivity contribution in [3.63, 3.8) is 0 Å². The molecule has 20 heavy (non-hydrogen) atoms. The van der Waals surface area contributed by atoms with Gasteiger partial charge in [0.1, 0.15) is 5.75 Å². The Morgan fingerprint density at radius 1 is 1.30 bits per heavy atom. The van der Waals surface area contributed by atoms with E-state index in [4.69, 9.17) is 10.5 Å². The Labute approximate surface area is 120 Å².